The molecule has 2 nitrogen and oxygen atoms in total. The average molecular weight is 290 g/mol. The van der Waals surface area contributed by atoms with E-state index in [1.807, 2.05) is 25.1 Å². The number of aryl methyl sites for hydroxylation is 1. The fourth-order valence-electron chi connectivity index (χ4n) is 2.35. The van der Waals surface area contributed by atoms with Crippen molar-refractivity contribution < 1.29 is 8.81 Å². The fraction of sp³-hybridized carbons (Fsp3) is 0.125. The second kappa shape index (κ2) is 4.93. The quantitative estimate of drug-likeness (QED) is 0.745. The number of benzene rings is 2. The Morgan fingerprint density at radius 2 is 1.95 bits per heavy atom. The van der Waals surface area contributed by atoms with Gasteiger partial charge in [0.05, 0.1) is 6.54 Å². The van der Waals surface area contributed by atoms with Crippen LogP contribution in [-0.4, -0.2) is 0 Å². The van der Waals surface area contributed by atoms with Crippen molar-refractivity contribution >= 4 is 22.6 Å². The van der Waals surface area contributed by atoms with E-state index in [0.717, 1.165) is 11.1 Å². The molecule has 0 saturated carbocycles. The van der Waals surface area contributed by atoms with Crippen LogP contribution >= 0.6 is 11.6 Å². The predicted octanol–water partition coefficient (Wildman–Crippen LogP) is 4.66. The Morgan fingerprint density at radius 3 is 2.70 bits per heavy atom. The number of halogens is 2. The molecule has 0 saturated heterocycles. The monoisotopic (exact) mass is 289 g/mol. The van der Waals surface area contributed by atoms with Crippen molar-refractivity contribution in [1.29, 1.82) is 0 Å². The lowest BCUT2D eigenvalue weighted by Gasteiger charge is -2.08. The number of nitrogens with two attached hydrogens (primary N) is 1. The predicted molar refractivity (Wildman–Crippen MR) is 79.2 cm³/mol. The summed E-state index contributed by atoms with van der Waals surface area (Å²) < 4.78 is 19.5. The molecule has 0 fully saturated rings. The van der Waals surface area contributed by atoms with Gasteiger partial charge in [-0.3, -0.25) is 0 Å². The second-order valence-electron chi connectivity index (χ2n) is 4.75. The highest BCUT2D eigenvalue weighted by atomic mass is 35.5. The van der Waals surface area contributed by atoms with E-state index in [4.69, 9.17) is 21.8 Å². The molecular weight excluding hydrogens is 277 g/mol. The summed E-state index contributed by atoms with van der Waals surface area (Å²) in [5.74, 6) is 0.322. The van der Waals surface area contributed by atoms with E-state index in [0.29, 0.717) is 27.3 Å². The molecule has 3 aromatic rings. The van der Waals surface area contributed by atoms with E-state index in [2.05, 4.69) is 0 Å². The van der Waals surface area contributed by atoms with E-state index in [1.54, 1.807) is 6.07 Å². The first kappa shape index (κ1) is 13.2. The molecule has 3 rings (SSSR count). The standard InChI is InChI=1S/C16H13ClFNO/c1-9-2-3-11(17)6-14(9)15-7-12(18)4-10-5-13(8-19)20-16(10)15/h2-7H,8,19H2,1H3. The third-order valence-electron chi connectivity index (χ3n) is 3.32. The Bertz CT molecular complexity index is 795. The van der Waals surface area contributed by atoms with Crippen molar-refractivity contribution in [1.82, 2.24) is 0 Å². The molecule has 0 spiro atoms. The largest absolute Gasteiger partial charge is 0.459 e. The summed E-state index contributed by atoms with van der Waals surface area (Å²) in [5, 5.41) is 1.31. The van der Waals surface area contributed by atoms with Crippen molar-refractivity contribution in [3.05, 3.63) is 58.6 Å². The third-order valence-corrected chi connectivity index (χ3v) is 3.56. The molecule has 20 heavy (non-hydrogen) atoms. The van der Waals surface area contributed by atoms with Crippen molar-refractivity contribution in [2.45, 2.75) is 13.5 Å². The first-order chi connectivity index (χ1) is 9.58. The zero-order valence-electron chi connectivity index (χ0n) is 10.9. The van der Waals surface area contributed by atoms with Crippen LogP contribution in [-0.2, 0) is 6.54 Å². The van der Waals surface area contributed by atoms with Gasteiger partial charge in [-0.25, -0.2) is 4.39 Å². The van der Waals surface area contributed by atoms with E-state index >= 15 is 0 Å². The van der Waals surface area contributed by atoms with Gasteiger partial charge in [-0.05, 0) is 48.4 Å². The van der Waals surface area contributed by atoms with Crippen LogP contribution in [0.1, 0.15) is 11.3 Å². The molecule has 102 valence electrons. The Labute approximate surface area is 121 Å². The molecule has 0 atom stereocenters. The molecule has 0 radical (unpaired) electrons. The molecule has 0 amide bonds. The van der Waals surface area contributed by atoms with Crippen LogP contribution in [0, 0.1) is 12.7 Å². The Morgan fingerprint density at radius 1 is 1.15 bits per heavy atom. The molecule has 0 aliphatic rings. The molecule has 2 aromatic carbocycles. The number of fused-ring (bicyclic) bond motifs is 1. The summed E-state index contributed by atoms with van der Waals surface area (Å²) in [6.07, 6.45) is 0. The summed E-state index contributed by atoms with van der Waals surface area (Å²) in [7, 11) is 0. The van der Waals surface area contributed by atoms with Crippen LogP contribution in [0.25, 0.3) is 22.1 Å². The number of rotatable bonds is 2. The zero-order valence-corrected chi connectivity index (χ0v) is 11.7. The molecular formula is C16H13ClFNO. The van der Waals surface area contributed by atoms with Crippen LogP contribution in [0.4, 0.5) is 4.39 Å². The van der Waals surface area contributed by atoms with Gasteiger partial charge in [-0.2, -0.15) is 0 Å². The minimum atomic E-state index is -0.309. The van der Waals surface area contributed by atoms with E-state index < -0.39 is 0 Å². The maximum Gasteiger partial charge on any atom is 0.142 e. The fourth-order valence-corrected chi connectivity index (χ4v) is 2.53. The zero-order chi connectivity index (χ0) is 14.3. The summed E-state index contributed by atoms with van der Waals surface area (Å²) >= 11 is 6.05. The van der Waals surface area contributed by atoms with Crippen molar-refractivity contribution in [2.24, 2.45) is 5.73 Å². The van der Waals surface area contributed by atoms with Gasteiger partial charge in [0, 0.05) is 16.0 Å². The SMILES string of the molecule is Cc1ccc(Cl)cc1-c1cc(F)cc2cc(CN)oc12. The highest BCUT2D eigenvalue weighted by Crippen LogP contribution is 2.35. The van der Waals surface area contributed by atoms with E-state index in [1.165, 1.54) is 12.1 Å². The molecule has 1 aromatic heterocycles. The van der Waals surface area contributed by atoms with Gasteiger partial charge in [0.2, 0.25) is 0 Å². The van der Waals surface area contributed by atoms with Gasteiger partial charge in [0.15, 0.2) is 0 Å². The lowest BCUT2D eigenvalue weighted by atomic mass is 9.99. The molecule has 0 unspecified atom stereocenters. The lowest BCUT2D eigenvalue weighted by Crippen LogP contribution is -1.92. The molecule has 0 aliphatic carbocycles. The van der Waals surface area contributed by atoms with E-state index in [9.17, 15) is 4.39 Å². The van der Waals surface area contributed by atoms with Crippen LogP contribution in [0.2, 0.25) is 5.02 Å². The maximum absolute atomic E-state index is 13.8. The normalized spacial score (nSPS) is 11.2. The van der Waals surface area contributed by atoms with Crippen LogP contribution in [0.3, 0.4) is 0 Å². The lowest BCUT2D eigenvalue weighted by molar-refractivity contribution is 0.552. The highest BCUT2D eigenvalue weighted by molar-refractivity contribution is 6.31. The number of hydrogen-bond acceptors (Lipinski definition) is 2. The minimum Gasteiger partial charge on any atom is -0.459 e. The van der Waals surface area contributed by atoms with Gasteiger partial charge < -0.3 is 10.2 Å². The summed E-state index contributed by atoms with van der Waals surface area (Å²) in [6.45, 7) is 2.24. The molecule has 4 heteroatoms. The minimum absolute atomic E-state index is 0.282. The Balaban J connectivity index is 2.34. The molecule has 2 N–H and O–H groups in total. The summed E-state index contributed by atoms with van der Waals surface area (Å²) in [6, 6.07) is 10.2. The first-order valence-corrected chi connectivity index (χ1v) is 6.65. The molecule has 0 bridgehead atoms. The first-order valence-electron chi connectivity index (χ1n) is 6.27. The topological polar surface area (TPSA) is 39.2 Å². The van der Waals surface area contributed by atoms with Gasteiger partial charge in [-0.15, -0.1) is 0 Å². The molecule has 1 heterocycles. The van der Waals surface area contributed by atoms with Crippen LogP contribution < -0.4 is 5.73 Å². The second-order valence-corrected chi connectivity index (χ2v) is 5.18. The Hall–Kier alpha value is -1.84. The highest BCUT2D eigenvalue weighted by Gasteiger charge is 2.14. The van der Waals surface area contributed by atoms with Crippen molar-refractivity contribution in [3.8, 4) is 11.1 Å². The van der Waals surface area contributed by atoms with Crippen molar-refractivity contribution in [3.63, 3.8) is 0 Å². The maximum atomic E-state index is 13.8. The molecule has 0 aliphatic heterocycles. The van der Waals surface area contributed by atoms with Crippen LogP contribution in [0.5, 0.6) is 0 Å². The smallest absolute Gasteiger partial charge is 0.142 e. The van der Waals surface area contributed by atoms with Crippen LogP contribution in [0.15, 0.2) is 40.8 Å². The average Bonchev–Trinajstić information content (AvgIpc) is 2.83. The van der Waals surface area contributed by atoms with Gasteiger partial charge in [0.1, 0.15) is 17.2 Å². The third kappa shape index (κ3) is 2.19. The van der Waals surface area contributed by atoms with Crippen molar-refractivity contribution in [2.75, 3.05) is 0 Å². The summed E-state index contributed by atoms with van der Waals surface area (Å²) in [4.78, 5) is 0. The van der Waals surface area contributed by atoms with Gasteiger partial charge in [-0.1, -0.05) is 17.7 Å². The van der Waals surface area contributed by atoms with E-state index in [-0.39, 0.29) is 12.4 Å². The Kier molecular flexibility index (Phi) is 3.24. The van der Waals surface area contributed by atoms with Gasteiger partial charge >= 0.3 is 0 Å². The number of furan rings is 1. The summed E-state index contributed by atoms with van der Waals surface area (Å²) in [5.41, 5.74) is 8.78. The number of hydrogen-bond donors (Lipinski definition) is 1. The van der Waals surface area contributed by atoms with Gasteiger partial charge in [0.25, 0.3) is 0 Å².